The van der Waals surface area contributed by atoms with Gasteiger partial charge in [0.2, 0.25) is 0 Å². The second kappa shape index (κ2) is 4.91. The second-order valence-corrected chi connectivity index (χ2v) is 4.02. The zero-order chi connectivity index (χ0) is 13.1. The van der Waals surface area contributed by atoms with Crippen molar-refractivity contribution in [2.24, 2.45) is 7.05 Å². The normalized spacial score (nSPS) is 10.3. The summed E-state index contributed by atoms with van der Waals surface area (Å²) in [4.78, 5) is 15.0. The number of hydrogen-bond acceptors (Lipinski definition) is 3. The number of carboxylic acids is 1. The molecule has 18 heavy (non-hydrogen) atoms. The largest absolute Gasteiger partial charge is 0.487 e. The third kappa shape index (κ3) is 2.34. The second-order valence-electron chi connectivity index (χ2n) is 4.02. The van der Waals surface area contributed by atoms with E-state index in [1.54, 1.807) is 37.6 Å². The Morgan fingerprint density at radius 1 is 1.50 bits per heavy atom. The number of aromatic carboxylic acids is 1. The topological polar surface area (TPSA) is 64.4 Å². The summed E-state index contributed by atoms with van der Waals surface area (Å²) in [6.07, 6.45) is 3.41. The van der Waals surface area contributed by atoms with E-state index in [9.17, 15) is 4.79 Å². The number of aryl methyl sites for hydroxylation is 1. The van der Waals surface area contributed by atoms with Crippen LogP contribution >= 0.6 is 0 Å². The maximum Gasteiger partial charge on any atom is 0.336 e. The van der Waals surface area contributed by atoms with Crippen molar-refractivity contribution in [3.8, 4) is 5.75 Å². The first kappa shape index (κ1) is 12.2. The van der Waals surface area contributed by atoms with Crippen molar-refractivity contribution in [2.45, 2.75) is 13.5 Å². The number of ether oxygens (including phenoxy) is 1. The predicted molar refractivity (Wildman–Crippen MR) is 65.7 cm³/mol. The molecular formula is C13H14N2O3. The van der Waals surface area contributed by atoms with Crippen LogP contribution in [-0.2, 0) is 13.7 Å². The van der Waals surface area contributed by atoms with E-state index in [2.05, 4.69) is 4.98 Å². The van der Waals surface area contributed by atoms with Gasteiger partial charge >= 0.3 is 5.97 Å². The summed E-state index contributed by atoms with van der Waals surface area (Å²) in [5.74, 6) is -0.366. The number of rotatable bonds is 4. The summed E-state index contributed by atoms with van der Waals surface area (Å²) in [5, 5.41) is 9.02. The van der Waals surface area contributed by atoms with Gasteiger partial charge in [-0.1, -0.05) is 6.07 Å². The maximum atomic E-state index is 11.0. The van der Waals surface area contributed by atoms with Crippen LogP contribution in [0.2, 0.25) is 0 Å². The summed E-state index contributed by atoms with van der Waals surface area (Å²) < 4.78 is 7.49. The Labute approximate surface area is 105 Å². The first-order valence-corrected chi connectivity index (χ1v) is 5.50. The molecule has 0 amide bonds. The van der Waals surface area contributed by atoms with Crippen LogP contribution in [0.3, 0.4) is 0 Å². The highest BCUT2D eigenvalue weighted by molar-refractivity contribution is 5.90. The molecule has 0 spiro atoms. The van der Waals surface area contributed by atoms with Gasteiger partial charge in [0.15, 0.2) is 0 Å². The zero-order valence-corrected chi connectivity index (χ0v) is 10.3. The minimum absolute atomic E-state index is 0.262. The third-order valence-corrected chi connectivity index (χ3v) is 2.81. The van der Waals surface area contributed by atoms with Crippen molar-refractivity contribution >= 4 is 5.97 Å². The Kier molecular flexibility index (Phi) is 3.32. The Morgan fingerprint density at radius 2 is 2.28 bits per heavy atom. The molecule has 0 aliphatic rings. The standard InChI is InChI=1S/C13H14N2O3/c1-9-11(13(16)17)4-3-5-12(9)18-7-10-6-14-8-15(10)2/h3-6,8H,7H2,1-2H3,(H,16,17). The molecule has 0 atom stereocenters. The lowest BCUT2D eigenvalue weighted by molar-refractivity contribution is 0.0695. The average molecular weight is 246 g/mol. The monoisotopic (exact) mass is 246 g/mol. The van der Waals surface area contributed by atoms with Crippen molar-refractivity contribution in [3.05, 3.63) is 47.5 Å². The van der Waals surface area contributed by atoms with Gasteiger partial charge in [0.25, 0.3) is 0 Å². The van der Waals surface area contributed by atoms with Gasteiger partial charge in [0.05, 0.1) is 23.8 Å². The van der Waals surface area contributed by atoms with Gasteiger partial charge in [0, 0.05) is 12.6 Å². The molecule has 1 heterocycles. The minimum atomic E-state index is -0.946. The molecule has 2 aromatic rings. The summed E-state index contributed by atoms with van der Waals surface area (Å²) >= 11 is 0. The van der Waals surface area contributed by atoms with Gasteiger partial charge in [-0.15, -0.1) is 0 Å². The molecule has 0 fully saturated rings. The van der Waals surface area contributed by atoms with E-state index in [4.69, 9.17) is 9.84 Å². The summed E-state index contributed by atoms with van der Waals surface area (Å²) in [7, 11) is 1.88. The van der Waals surface area contributed by atoms with Crippen molar-refractivity contribution in [3.63, 3.8) is 0 Å². The lowest BCUT2D eigenvalue weighted by Crippen LogP contribution is -2.05. The number of imidazole rings is 1. The van der Waals surface area contributed by atoms with Crippen LogP contribution < -0.4 is 4.74 Å². The van der Waals surface area contributed by atoms with Gasteiger partial charge in [-0.2, -0.15) is 0 Å². The Balaban J connectivity index is 2.17. The van der Waals surface area contributed by atoms with E-state index >= 15 is 0 Å². The van der Waals surface area contributed by atoms with E-state index in [1.165, 1.54) is 0 Å². The highest BCUT2D eigenvalue weighted by Crippen LogP contribution is 2.22. The molecule has 0 radical (unpaired) electrons. The lowest BCUT2D eigenvalue weighted by Gasteiger charge is -2.10. The predicted octanol–water partition coefficient (Wildman–Crippen LogP) is 2.01. The van der Waals surface area contributed by atoms with Crippen LogP contribution in [-0.4, -0.2) is 20.6 Å². The number of carbonyl (C=O) groups is 1. The number of benzene rings is 1. The number of aromatic nitrogens is 2. The van der Waals surface area contributed by atoms with E-state index < -0.39 is 5.97 Å². The molecule has 2 rings (SSSR count). The van der Waals surface area contributed by atoms with Crippen LogP contribution in [0.4, 0.5) is 0 Å². The first-order valence-electron chi connectivity index (χ1n) is 5.50. The fraction of sp³-hybridized carbons (Fsp3) is 0.231. The summed E-state index contributed by atoms with van der Waals surface area (Å²) in [5.41, 5.74) is 1.82. The van der Waals surface area contributed by atoms with E-state index in [0.29, 0.717) is 17.9 Å². The molecule has 0 unspecified atom stereocenters. The van der Waals surface area contributed by atoms with Gasteiger partial charge < -0.3 is 14.4 Å². The Morgan fingerprint density at radius 3 is 2.89 bits per heavy atom. The van der Waals surface area contributed by atoms with Crippen molar-refractivity contribution in [1.82, 2.24) is 9.55 Å². The molecule has 5 nitrogen and oxygen atoms in total. The molecule has 1 aromatic heterocycles. The van der Waals surface area contributed by atoms with E-state index in [0.717, 1.165) is 5.69 Å². The van der Waals surface area contributed by atoms with Gasteiger partial charge in [-0.25, -0.2) is 9.78 Å². The smallest absolute Gasteiger partial charge is 0.336 e. The SMILES string of the molecule is Cc1c(OCc2cncn2C)cccc1C(=O)O. The molecule has 0 aliphatic carbocycles. The number of carboxylic acid groups (broad SMARTS) is 1. The van der Waals surface area contributed by atoms with Crippen LogP contribution in [0, 0.1) is 6.92 Å². The quantitative estimate of drug-likeness (QED) is 0.896. The average Bonchev–Trinajstić information content (AvgIpc) is 2.73. The highest BCUT2D eigenvalue weighted by Gasteiger charge is 2.11. The lowest BCUT2D eigenvalue weighted by atomic mass is 10.1. The Bertz CT molecular complexity index is 575. The molecule has 0 saturated heterocycles. The maximum absolute atomic E-state index is 11.0. The molecule has 1 aromatic carbocycles. The van der Waals surface area contributed by atoms with Crippen LogP contribution in [0.1, 0.15) is 21.6 Å². The molecule has 5 heteroatoms. The van der Waals surface area contributed by atoms with Crippen molar-refractivity contribution < 1.29 is 14.6 Å². The minimum Gasteiger partial charge on any atom is -0.487 e. The molecule has 0 saturated carbocycles. The summed E-state index contributed by atoms with van der Waals surface area (Å²) in [6, 6.07) is 5.00. The van der Waals surface area contributed by atoms with Gasteiger partial charge in [-0.3, -0.25) is 0 Å². The number of hydrogen-bond donors (Lipinski definition) is 1. The van der Waals surface area contributed by atoms with Gasteiger partial charge in [0.1, 0.15) is 12.4 Å². The van der Waals surface area contributed by atoms with Crippen LogP contribution in [0.25, 0.3) is 0 Å². The fourth-order valence-corrected chi connectivity index (χ4v) is 1.68. The van der Waals surface area contributed by atoms with Crippen molar-refractivity contribution in [1.29, 1.82) is 0 Å². The van der Waals surface area contributed by atoms with E-state index in [-0.39, 0.29) is 5.56 Å². The fourth-order valence-electron chi connectivity index (χ4n) is 1.68. The molecular weight excluding hydrogens is 232 g/mol. The third-order valence-electron chi connectivity index (χ3n) is 2.81. The van der Waals surface area contributed by atoms with Crippen LogP contribution in [0.15, 0.2) is 30.7 Å². The molecule has 0 aliphatic heterocycles. The van der Waals surface area contributed by atoms with Crippen LogP contribution in [0.5, 0.6) is 5.75 Å². The summed E-state index contributed by atoms with van der Waals surface area (Å²) in [6.45, 7) is 2.10. The molecule has 0 bridgehead atoms. The Hall–Kier alpha value is -2.30. The van der Waals surface area contributed by atoms with Gasteiger partial charge in [-0.05, 0) is 19.1 Å². The zero-order valence-electron chi connectivity index (χ0n) is 10.3. The van der Waals surface area contributed by atoms with Crippen molar-refractivity contribution in [2.75, 3.05) is 0 Å². The number of nitrogens with zero attached hydrogens (tertiary/aromatic N) is 2. The molecule has 1 N–H and O–H groups in total. The first-order chi connectivity index (χ1) is 8.59. The molecule has 94 valence electrons. The van der Waals surface area contributed by atoms with E-state index in [1.807, 2.05) is 11.6 Å². The highest BCUT2D eigenvalue weighted by atomic mass is 16.5.